The second-order valence-corrected chi connectivity index (χ2v) is 7.31. The molecule has 1 aliphatic heterocycles. The second kappa shape index (κ2) is 6.97. The highest BCUT2D eigenvalue weighted by Gasteiger charge is 2.22. The number of carbonyl (C=O) groups excluding carboxylic acids is 1. The van der Waals surface area contributed by atoms with Crippen LogP contribution < -0.4 is 4.90 Å². The SMILES string of the molecule is O=C1CCCN1c1ccc(-c2cn(-c3cccc(F)c3)c3ncnc(Cl)c23)cc1. The van der Waals surface area contributed by atoms with Gasteiger partial charge in [-0.1, -0.05) is 29.8 Å². The molecule has 4 aromatic rings. The van der Waals surface area contributed by atoms with E-state index in [2.05, 4.69) is 9.97 Å². The molecule has 2 aromatic heterocycles. The lowest BCUT2D eigenvalue weighted by atomic mass is 10.1. The molecule has 1 saturated heterocycles. The first-order valence-corrected chi connectivity index (χ1v) is 9.68. The minimum absolute atomic E-state index is 0.150. The number of amides is 1. The van der Waals surface area contributed by atoms with E-state index >= 15 is 0 Å². The van der Waals surface area contributed by atoms with Crippen LogP contribution in [0, 0.1) is 5.82 Å². The molecule has 144 valence electrons. The predicted octanol–water partition coefficient (Wildman–Crippen LogP) is 5.01. The van der Waals surface area contributed by atoms with Crippen LogP contribution >= 0.6 is 11.6 Å². The number of benzene rings is 2. The van der Waals surface area contributed by atoms with E-state index in [-0.39, 0.29) is 11.7 Å². The Bertz CT molecular complexity index is 1240. The predicted molar refractivity (Wildman–Crippen MR) is 111 cm³/mol. The highest BCUT2D eigenvalue weighted by Crippen LogP contribution is 2.36. The van der Waals surface area contributed by atoms with Crippen molar-refractivity contribution in [1.82, 2.24) is 14.5 Å². The van der Waals surface area contributed by atoms with Gasteiger partial charge in [-0.05, 0) is 42.3 Å². The Morgan fingerprint density at radius 1 is 1.03 bits per heavy atom. The fourth-order valence-electron chi connectivity index (χ4n) is 3.81. The molecule has 5 nitrogen and oxygen atoms in total. The average molecular weight is 407 g/mol. The summed E-state index contributed by atoms with van der Waals surface area (Å²) >= 11 is 6.41. The number of nitrogens with zero attached hydrogens (tertiary/aromatic N) is 4. The Morgan fingerprint density at radius 3 is 2.59 bits per heavy atom. The minimum atomic E-state index is -0.328. The minimum Gasteiger partial charge on any atom is -0.312 e. The van der Waals surface area contributed by atoms with E-state index < -0.39 is 0 Å². The Kier molecular flexibility index (Phi) is 4.28. The summed E-state index contributed by atoms with van der Waals surface area (Å²) < 4.78 is 15.6. The van der Waals surface area contributed by atoms with Gasteiger partial charge in [-0.3, -0.25) is 4.79 Å². The molecule has 1 fully saturated rings. The summed E-state index contributed by atoms with van der Waals surface area (Å²) in [5.74, 6) is -0.178. The normalized spacial score (nSPS) is 14.1. The van der Waals surface area contributed by atoms with Crippen LogP contribution in [0.5, 0.6) is 0 Å². The van der Waals surface area contributed by atoms with Crippen molar-refractivity contribution < 1.29 is 9.18 Å². The molecular formula is C22H16ClFN4O. The summed E-state index contributed by atoms with van der Waals surface area (Å²) in [4.78, 5) is 22.3. The smallest absolute Gasteiger partial charge is 0.227 e. The standard InChI is InChI=1S/C22H16ClFN4O/c23-21-20-18(14-6-8-16(9-7-14)27-10-2-5-19(27)29)12-28(22(20)26-13-25-21)17-4-1-3-15(24)11-17/h1,3-4,6-9,11-13H,2,5,10H2. The zero-order valence-corrected chi connectivity index (χ0v) is 16.1. The third-order valence-electron chi connectivity index (χ3n) is 5.19. The highest BCUT2D eigenvalue weighted by molar-refractivity contribution is 6.35. The quantitative estimate of drug-likeness (QED) is 0.449. The monoisotopic (exact) mass is 406 g/mol. The van der Waals surface area contributed by atoms with Crippen LogP contribution in [0.4, 0.5) is 10.1 Å². The number of hydrogen-bond donors (Lipinski definition) is 0. The first-order valence-electron chi connectivity index (χ1n) is 9.30. The van der Waals surface area contributed by atoms with Gasteiger partial charge in [-0.25, -0.2) is 14.4 Å². The van der Waals surface area contributed by atoms with Crippen molar-refractivity contribution in [1.29, 1.82) is 0 Å². The van der Waals surface area contributed by atoms with E-state index in [0.717, 1.165) is 29.8 Å². The number of anilines is 1. The molecule has 29 heavy (non-hydrogen) atoms. The zero-order chi connectivity index (χ0) is 20.0. The topological polar surface area (TPSA) is 51.0 Å². The molecule has 0 atom stereocenters. The Balaban J connectivity index is 1.64. The largest absolute Gasteiger partial charge is 0.312 e. The number of rotatable bonds is 3. The second-order valence-electron chi connectivity index (χ2n) is 6.95. The van der Waals surface area contributed by atoms with Crippen LogP contribution in [-0.4, -0.2) is 27.0 Å². The molecule has 0 saturated carbocycles. The first-order chi connectivity index (χ1) is 14.1. The van der Waals surface area contributed by atoms with Gasteiger partial charge < -0.3 is 9.47 Å². The van der Waals surface area contributed by atoms with Gasteiger partial charge in [0, 0.05) is 36.1 Å². The van der Waals surface area contributed by atoms with Crippen LogP contribution in [0.1, 0.15) is 12.8 Å². The van der Waals surface area contributed by atoms with E-state index in [1.165, 1.54) is 18.5 Å². The van der Waals surface area contributed by atoms with Crippen LogP contribution in [0.2, 0.25) is 5.15 Å². The first kappa shape index (κ1) is 17.8. The van der Waals surface area contributed by atoms with Gasteiger partial charge in [-0.2, -0.15) is 0 Å². The highest BCUT2D eigenvalue weighted by atomic mass is 35.5. The van der Waals surface area contributed by atoms with Gasteiger partial charge in [0.2, 0.25) is 5.91 Å². The molecule has 7 heteroatoms. The number of halogens is 2. The molecule has 1 amide bonds. The molecule has 0 radical (unpaired) electrons. The van der Waals surface area contributed by atoms with Gasteiger partial charge in [-0.15, -0.1) is 0 Å². The molecule has 0 unspecified atom stereocenters. The molecule has 5 rings (SSSR count). The van der Waals surface area contributed by atoms with Crippen molar-refractivity contribution in [3.63, 3.8) is 0 Å². The third kappa shape index (κ3) is 3.06. The van der Waals surface area contributed by atoms with Gasteiger partial charge in [0.15, 0.2) is 0 Å². The van der Waals surface area contributed by atoms with Crippen molar-refractivity contribution in [2.24, 2.45) is 0 Å². The Labute approximate surface area is 171 Å². The van der Waals surface area contributed by atoms with E-state index in [9.17, 15) is 9.18 Å². The fraction of sp³-hybridized carbons (Fsp3) is 0.136. The Hall–Kier alpha value is -3.25. The lowest BCUT2D eigenvalue weighted by molar-refractivity contribution is -0.117. The summed E-state index contributed by atoms with van der Waals surface area (Å²) in [5, 5.41) is 1.03. The maximum absolute atomic E-state index is 13.8. The van der Waals surface area contributed by atoms with E-state index in [1.807, 2.05) is 36.5 Å². The van der Waals surface area contributed by atoms with E-state index in [4.69, 9.17) is 11.6 Å². The Morgan fingerprint density at radius 2 is 1.86 bits per heavy atom. The van der Waals surface area contributed by atoms with Crippen molar-refractivity contribution in [2.45, 2.75) is 12.8 Å². The summed E-state index contributed by atoms with van der Waals surface area (Å²) in [7, 11) is 0. The number of fused-ring (bicyclic) bond motifs is 1. The molecule has 0 bridgehead atoms. The maximum Gasteiger partial charge on any atom is 0.227 e. The van der Waals surface area contributed by atoms with Gasteiger partial charge in [0.05, 0.1) is 5.39 Å². The summed E-state index contributed by atoms with van der Waals surface area (Å²) in [6.45, 7) is 0.747. The van der Waals surface area contributed by atoms with Gasteiger partial charge in [0.25, 0.3) is 0 Å². The van der Waals surface area contributed by atoms with E-state index in [0.29, 0.717) is 28.3 Å². The summed E-state index contributed by atoms with van der Waals surface area (Å²) in [6, 6.07) is 14.1. The summed E-state index contributed by atoms with van der Waals surface area (Å²) in [5.41, 5.74) is 3.89. The molecule has 0 aliphatic carbocycles. The van der Waals surface area contributed by atoms with Gasteiger partial charge >= 0.3 is 0 Å². The lowest BCUT2D eigenvalue weighted by Crippen LogP contribution is -2.23. The molecule has 0 N–H and O–H groups in total. The third-order valence-corrected chi connectivity index (χ3v) is 5.47. The van der Waals surface area contributed by atoms with Crippen LogP contribution in [0.25, 0.3) is 27.8 Å². The molecular weight excluding hydrogens is 391 g/mol. The van der Waals surface area contributed by atoms with Gasteiger partial charge in [0.1, 0.15) is 22.9 Å². The molecule has 0 spiro atoms. The van der Waals surface area contributed by atoms with Crippen molar-refractivity contribution in [3.8, 4) is 16.8 Å². The number of hydrogen-bond acceptors (Lipinski definition) is 3. The molecule has 2 aromatic carbocycles. The fourth-order valence-corrected chi connectivity index (χ4v) is 4.04. The van der Waals surface area contributed by atoms with Crippen molar-refractivity contribution in [3.05, 3.63) is 72.0 Å². The van der Waals surface area contributed by atoms with Crippen molar-refractivity contribution >= 4 is 34.2 Å². The summed E-state index contributed by atoms with van der Waals surface area (Å²) in [6.07, 6.45) is 4.76. The number of aromatic nitrogens is 3. The number of carbonyl (C=O) groups is 1. The molecule has 3 heterocycles. The average Bonchev–Trinajstić information content (AvgIpc) is 3.33. The van der Waals surface area contributed by atoms with Crippen LogP contribution in [-0.2, 0) is 4.79 Å². The van der Waals surface area contributed by atoms with E-state index in [1.54, 1.807) is 15.5 Å². The molecule has 1 aliphatic rings. The van der Waals surface area contributed by atoms with Crippen molar-refractivity contribution in [2.75, 3.05) is 11.4 Å². The zero-order valence-electron chi connectivity index (χ0n) is 15.3. The lowest BCUT2D eigenvalue weighted by Gasteiger charge is -2.15. The maximum atomic E-state index is 13.8. The van der Waals surface area contributed by atoms with Crippen LogP contribution in [0.15, 0.2) is 61.1 Å². The van der Waals surface area contributed by atoms with Crippen LogP contribution in [0.3, 0.4) is 0 Å².